The van der Waals surface area contributed by atoms with E-state index in [1.807, 2.05) is 6.07 Å². The third-order valence-corrected chi connectivity index (χ3v) is 3.96. The smallest absolute Gasteiger partial charge is 0.0404 e. The highest BCUT2D eigenvalue weighted by atomic mass is 15.2. The minimum atomic E-state index is 0.646. The van der Waals surface area contributed by atoms with Gasteiger partial charge in [0.05, 0.1) is 0 Å². The monoisotopic (exact) mass is 232 g/mol. The molecule has 0 amide bonds. The van der Waals surface area contributed by atoms with Crippen LogP contribution in [0, 0.1) is 0 Å². The van der Waals surface area contributed by atoms with Crippen LogP contribution >= 0.6 is 0 Å². The largest absolute Gasteiger partial charge is 0.399 e. The molecule has 0 aliphatic carbocycles. The van der Waals surface area contributed by atoms with Crippen LogP contribution in [0.3, 0.4) is 0 Å². The summed E-state index contributed by atoms with van der Waals surface area (Å²) in [4.78, 5) is 2.59. The lowest BCUT2D eigenvalue weighted by molar-refractivity contribution is 0.413. The van der Waals surface area contributed by atoms with Crippen molar-refractivity contribution in [2.45, 2.75) is 58.5 Å². The summed E-state index contributed by atoms with van der Waals surface area (Å²) >= 11 is 0. The number of benzene rings is 1. The number of anilines is 2. The van der Waals surface area contributed by atoms with Crippen LogP contribution in [0.15, 0.2) is 18.2 Å². The van der Waals surface area contributed by atoms with Crippen LogP contribution in [0.4, 0.5) is 11.4 Å². The lowest BCUT2D eigenvalue weighted by atomic mass is 9.95. The van der Waals surface area contributed by atoms with E-state index in [0.717, 1.165) is 12.1 Å². The molecule has 1 heterocycles. The molecule has 17 heavy (non-hydrogen) atoms. The summed E-state index contributed by atoms with van der Waals surface area (Å²) < 4.78 is 0. The Hall–Kier alpha value is -1.18. The zero-order chi connectivity index (χ0) is 12.4. The second kappa shape index (κ2) is 4.99. The van der Waals surface area contributed by atoms with Crippen molar-refractivity contribution in [1.29, 1.82) is 0 Å². The zero-order valence-electron chi connectivity index (χ0n) is 11.2. The number of rotatable bonds is 2. The Morgan fingerprint density at radius 1 is 1.24 bits per heavy atom. The van der Waals surface area contributed by atoms with Crippen molar-refractivity contribution in [2.24, 2.45) is 0 Å². The molecule has 0 unspecified atom stereocenters. The van der Waals surface area contributed by atoms with Crippen LogP contribution in [-0.2, 0) is 6.42 Å². The minimum absolute atomic E-state index is 0.646. The molecule has 94 valence electrons. The molecular formula is C15H24N2. The zero-order valence-corrected chi connectivity index (χ0v) is 11.2. The third kappa shape index (κ3) is 2.41. The van der Waals surface area contributed by atoms with Gasteiger partial charge in [0.25, 0.3) is 0 Å². The van der Waals surface area contributed by atoms with Crippen LogP contribution in [-0.4, -0.2) is 12.1 Å². The van der Waals surface area contributed by atoms with E-state index < -0.39 is 0 Å². The topological polar surface area (TPSA) is 29.3 Å². The van der Waals surface area contributed by atoms with E-state index in [2.05, 4.69) is 37.8 Å². The predicted octanol–water partition coefficient (Wildman–Crippen LogP) is 3.60. The maximum Gasteiger partial charge on any atom is 0.0404 e. The van der Waals surface area contributed by atoms with Crippen molar-refractivity contribution in [1.82, 2.24) is 0 Å². The maximum atomic E-state index is 5.88. The van der Waals surface area contributed by atoms with Gasteiger partial charge in [-0.1, -0.05) is 6.92 Å². The number of hydrogen-bond donors (Lipinski definition) is 1. The van der Waals surface area contributed by atoms with E-state index in [1.54, 1.807) is 0 Å². The first-order valence-corrected chi connectivity index (χ1v) is 6.80. The molecule has 1 saturated heterocycles. The minimum Gasteiger partial charge on any atom is -0.399 e. The molecule has 0 saturated carbocycles. The normalized spacial score (nSPS) is 25.0. The van der Waals surface area contributed by atoms with Crippen LogP contribution in [0.5, 0.6) is 0 Å². The van der Waals surface area contributed by atoms with E-state index in [1.165, 1.54) is 30.5 Å². The fraction of sp³-hybridized carbons (Fsp3) is 0.600. The number of aryl methyl sites for hydroxylation is 1. The van der Waals surface area contributed by atoms with Gasteiger partial charge in [0.1, 0.15) is 0 Å². The molecule has 2 atom stereocenters. The SMILES string of the molecule is CCc1cc(N)ccc1N1[C@H](C)CCC[C@H]1C. The molecule has 1 aromatic rings. The molecule has 0 radical (unpaired) electrons. The first-order valence-electron chi connectivity index (χ1n) is 6.80. The summed E-state index contributed by atoms with van der Waals surface area (Å²) in [5, 5.41) is 0. The molecular weight excluding hydrogens is 208 g/mol. The summed E-state index contributed by atoms with van der Waals surface area (Å²) in [6.45, 7) is 6.88. The Morgan fingerprint density at radius 3 is 2.47 bits per heavy atom. The lowest BCUT2D eigenvalue weighted by Crippen LogP contribution is -2.44. The molecule has 2 rings (SSSR count). The van der Waals surface area contributed by atoms with Crippen molar-refractivity contribution >= 4 is 11.4 Å². The summed E-state index contributed by atoms with van der Waals surface area (Å²) in [5.74, 6) is 0. The van der Waals surface area contributed by atoms with Gasteiger partial charge >= 0.3 is 0 Å². The van der Waals surface area contributed by atoms with E-state index in [0.29, 0.717) is 12.1 Å². The highest BCUT2D eigenvalue weighted by molar-refractivity contribution is 5.61. The van der Waals surface area contributed by atoms with Gasteiger partial charge in [-0.2, -0.15) is 0 Å². The van der Waals surface area contributed by atoms with Gasteiger partial charge in [-0.25, -0.2) is 0 Å². The molecule has 0 spiro atoms. The summed E-state index contributed by atoms with van der Waals surface area (Å²) in [7, 11) is 0. The Kier molecular flexibility index (Phi) is 3.60. The standard InChI is InChI=1S/C15H24N2/c1-4-13-10-14(16)8-9-15(13)17-11(2)6-5-7-12(17)3/h8-12H,4-7,16H2,1-3H3/t11-,12-/m1/s1. The highest BCUT2D eigenvalue weighted by Crippen LogP contribution is 2.32. The second-order valence-corrected chi connectivity index (χ2v) is 5.28. The first-order chi connectivity index (χ1) is 8.13. The molecule has 2 N–H and O–H groups in total. The summed E-state index contributed by atoms with van der Waals surface area (Å²) in [6, 6.07) is 7.65. The Bertz CT molecular complexity index is 377. The Labute approximate surface area is 105 Å². The van der Waals surface area contributed by atoms with Crippen molar-refractivity contribution in [3.63, 3.8) is 0 Å². The molecule has 1 fully saturated rings. The maximum absolute atomic E-state index is 5.88. The number of nitrogen functional groups attached to an aromatic ring is 1. The van der Waals surface area contributed by atoms with Crippen molar-refractivity contribution in [3.8, 4) is 0 Å². The highest BCUT2D eigenvalue weighted by Gasteiger charge is 2.26. The van der Waals surface area contributed by atoms with E-state index >= 15 is 0 Å². The van der Waals surface area contributed by atoms with Gasteiger partial charge in [-0.3, -0.25) is 0 Å². The van der Waals surface area contributed by atoms with Crippen LogP contribution < -0.4 is 10.6 Å². The first kappa shape index (κ1) is 12.3. The quantitative estimate of drug-likeness (QED) is 0.789. The summed E-state index contributed by atoms with van der Waals surface area (Å²) in [6.07, 6.45) is 5.02. The van der Waals surface area contributed by atoms with Gasteiger partial charge in [-0.05, 0) is 63.3 Å². The van der Waals surface area contributed by atoms with Crippen LogP contribution in [0.2, 0.25) is 0 Å². The molecule has 2 nitrogen and oxygen atoms in total. The van der Waals surface area contributed by atoms with Gasteiger partial charge in [-0.15, -0.1) is 0 Å². The average Bonchev–Trinajstić information content (AvgIpc) is 2.30. The number of nitrogens with zero attached hydrogens (tertiary/aromatic N) is 1. The average molecular weight is 232 g/mol. The number of piperidine rings is 1. The fourth-order valence-corrected chi connectivity index (χ4v) is 3.04. The van der Waals surface area contributed by atoms with E-state index in [4.69, 9.17) is 5.73 Å². The third-order valence-electron chi connectivity index (χ3n) is 3.96. The Balaban J connectivity index is 2.37. The summed E-state index contributed by atoms with van der Waals surface area (Å²) in [5.41, 5.74) is 9.53. The number of nitrogens with two attached hydrogens (primary N) is 1. The van der Waals surface area contributed by atoms with Gasteiger partial charge in [0.15, 0.2) is 0 Å². The fourth-order valence-electron chi connectivity index (χ4n) is 3.04. The van der Waals surface area contributed by atoms with E-state index in [-0.39, 0.29) is 0 Å². The van der Waals surface area contributed by atoms with Crippen LogP contribution in [0.1, 0.15) is 45.6 Å². The van der Waals surface area contributed by atoms with E-state index in [9.17, 15) is 0 Å². The van der Waals surface area contributed by atoms with Gasteiger partial charge < -0.3 is 10.6 Å². The molecule has 1 aliphatic heterocycles. The number of hydrogen-bond acceptors (Lipinski definition) is 2. The molecule has 0 bridgehead atoms. The molecule has 0 aromatic heterocycles. The second-order valence-electron chi connectivity index (χ2n) is 5.28. The molecule has 2 heteroatoms. The van der Waals surface area contributed by atoms with Gasteiger partial charge in [0.2, 0.25) is 0 Å². The van der Waals surface area contributed by atoms with Crippen molar-refractivity contribution in [2.75, 3.05) is 10.6 Å². The van der Waals surface area contributed by atoms with Gasteiger partial charge in [0, 0.05) is 23.5 Å². The predicted molar refractivity (Wildman–Crippen MR) is 75.5 cm³/mol. The van der Waals surface area contributed by atoms with Crippen molar-refractivity contribution in [3.05, 3.63) is 23.8 Å². The van der Waals surface area contributed by atoms with Crippen molar-refractivity contribution < 1.29 is 0 Å². The molecule has 1 aromatic carbocycles. The Morgan fingerprint density at radius 2 is 1.88 bits per heavy atom. The van der Waals surface area contributed by atoms with Crippen LogP contribution in [0.25, 0.3) is 0 Å². The lowest BCUT2D eigenvalue weighted by Gasteiger charge is -2.42. The molecule has 1 aliphatic rings.